The molecule has 0 saturated heterocycles. The molecular formula is C17H24N2. The maximum atomic E-state index is 5.39. The topological polar surface area (TPSA) is 38.4 Å². The van der Waals surface area contributed by atoms with E-state index in [9.17, 15) is 0 Å². The summed E-state index contributed by atoms with van der Waals surface area (Å²) in [5.41, 5.74) is 10.1. The van der Waals surface area contributed by atoms with Gasteiger partial charge in [0.1, 0.15) is 0 Å². The molecule has 19 heavy (non-hydrogen) atoms. The SMILES string of the molecule is C=C(CCC)/C(CCc1ccccc1)=C(C)\N=C/N. The Morgan fingerprint density at radius 3 is 2.53 bits per heavy atom. The van der Waals surface area contributed by atoms with Crippen LogP contribution in [0.3, 0.4) is 0 Å². The van der Waals surface area contributed by atoms with Gasteiger partial charge in [-0.1, -0.05) is 55.8 Å². The molecule has 0 radical (unpaired) electrons. The number of allylic oxidation sites excluding steroid dienone is 3. The zero-order chi connectivity index (χ0) is 14.1. The Balaban J connectivity index is 2.81. The van der Waals surface area contributed by atoms with Gasteiger partial charge in [0.2, 0.25) is 0 Å². The summed E-state index contributed by atoms with van der Waals surface area (Å²) in [6.07, 6.45) is 5.45. The fraction of sp³-hybridized carbons (Fsp3) is 0.353. The molecule has 0 bridgehead atoms. The van der Waals surface area contributed by atoms with Crippen molar-refractivity contribution in [2.24, 2.45) is 10.7 Å². The van der Waals surface area contributed by atoms with Gasteiger partial charge in [-0.2, -0.15) is 0 Å². The van der Waals surface area contributed by atoms with Crippen LogP contribution < -0.4 is 5.73 Å². The highest BCUT2D eigenvalue weighted by atomic mass is 14.8. The number of aliphatic imine (C=N–C) groups is 1. The van der Waals surface area contributed by atoms with Gasteiger partial charge in [0.05, 0.1) is 6.34 Å². The van der Waals surface area contributed by atoms with Gasteiger partial charge < -0.3 is 5.73 Å². The van der Waals surface area contributed by atoms with Crippen LogP contribution in [0.5, 0.6) is 0 Å². The summed E-state index contributed by atoms with van der Waals surface area (Å²) in [4.78, 5) is 4.21. The summed E-state index contributed by atoms with van der Waals surface area (Å²) in [7, 11) is 0. The fourth-order valence-corrected chi connectivity index (χ4v) is 2.17. The van der Waals surface area contributed by atoms with Crippen molar-refractivity contribution < 1.29 is 0 Å². The predicted molar refractivity (Wildman–Crippen MR) is 84.2 cm³/mol. The molecule has 0 spiro atoms. The Morgan fingerprint density at radius 2 is 1.95 bits per heavy atom. The van der Waals surface area contributed by atoms with Crippen molar-refractivity contribution in [2.45, 2.75) is 39.5 Å². The molecule has 0 aliphatic rings. The van der Waals surface area contributed by atoms with Crippen LogP contribution in [0.4, 0.5) is 0 Å². The average molecular weight is 256 g/mol. The minimum Gasteiger partial charge on any atom is -0.390 e. The molecule has 0 aliphatic heterocycles. The number of hydrogen-bond acceptors (Lipinski definition) is 1. The maximum Gasteiger partial charge on any atom is 0.0856 e. The van der Waals surface area contributed by atoms with Crippen LogP contribution in [0.15, 0.2) is 58.7 Å². The van der Waals surface area contributed by atoms with Gasteiger partial charge in [0, 0.05) is 5.70 Å². The minimum absolute atomic E-state index is 0.964. The molecule has 2 nitrogen and oxygen atoms in total. The lowest BCUT2D eigenvalue weighted by molar-refractivity contribution is 0.857. The summed E-state index contributed by atoms with van der Waals surface area (Å²) in [5, 5.41) is 0. The first-order chi connectivity index (χ1) is 9.19. The van der Waals surface area contributed by atoms with Gasteiger partial charge in [-0.3, -0.25) is 0 Å². The summed E-state index contributed by atoms with van der Waals surface area (Å²) >= 11 is 0. The Morgan fingerprint density at radius 1 is 1.26 bits per heavy atom. The van der Waals surface area contributed by atoms with Crippen molar-refractivity contribution in [1.29, 1.82) is 0 Å². The van der Waals surface area contributed by atoms with E-state index in [2.05, 4.69) is 42.8 Å². The van der Waals surface area contributed by atoms with Gasteiger partial charge in [0.15, 0.2) is 0 Å². The number of nitrogens with two attached hydrogens (primary N) is 1. The fourth-order valence-electron chi connectivity index (χ4n) is 2.17. The lowest BCUT2D eigenvalue weighted by Gasteiger charge is -2.12. The second-order valence-electron chi connectivity index (χ2n) is 4.68. The Bertz CT molecular complexity index is 455. The lowest BCUT2D eigenvalue weighted by atomic mass is 9.95. The van der Waals surface area contributed by atoms with E-state index in [0.717, 1.165) is 31.4 Å². The van der Waals surface area contributed by atoms with Crippen molar-refractivity contribution >= 4 is 6.34 Å². The van der Waals surface area contributed by atoms with Crippen molar-refractivity contribution in [1.82, 2.24) is 0 Å². The lowest BCUT2D eigenvalue weighted by Crippen LogP contribution is -1.97. The molecule has 0 heterocycles. The van der Waals surface area contributed by atoms with Crippen LogP contribution in [0.25, 0.3) is 0 Å². The van der Waals surface area contributed by atoms with E-state index in [-0.39, 0.29) is 0 Å². The second-order valence-corrected chi connectivity index (χ2v) is 4.68. The molecular weight excluding hydrogens is 232 g/mol. The van der Waals surface area contributed by atoms with Gasteiger partial charge in [-0.05, 0) is 37.3 Å². The van der Waals surface area contributed by atoms with Gasteiger partial charge in [-0.25, -0.2) is 4.99 Å². The van der Waals surface area contributed by atoms with Gasteiger partial charge >= 0.3 is 0 Å². The van der Waals surface area contributed by atoms with Crippen molar-refractivity contribution in [3.05, 3.63) is 59.3 Å². The normalized spacial score (nSPS) is 12.5. The van der Waals surface area contributed by atoms with Crippen molar-refractivity contribution in [2.75, 3.05) is 0 Å². The van der Waals surface area contributed by atoms with Gasteiger partial charge in [0.25, 0.3) is 0 Å². The van der Waals surface area contributed by atoms with E-state index in [1.54, 1.807) is 0 Å². The largest absolute Gasteiger partial charge is 0.390 e. The summed E-state index contributed by atoms with van der Waals surface area (Å²) < 4.78 is 0. The highest BCUT2D eigenvalue weighted by Crippen LogP contribution is 2.23. The number of benzene rings is 1. The van der Waals surface area contributed by atoms with Crippen LogP contribution in [-0.4, -0.2) is 6.34 Å². The van der Waals surface area contributed by atoms with Crippen LogP contribution in [-0.2, 0) is 6.42 Å². The first-order valence-electron chi connectivity index (χ1n) is 6.85. The summed E-state index contributed by atoms with van der Waals surface area (Å²) in [6.45, 7) is 8.36. The molecule has 1 aromatic carbocycles. The maximum absolute atomic E-state index is 5.39. The molecule has 1 rings (SSSR count). The minimum atomic E-state index is 0.964. The molecule has 0 amide bonds. The number of hydrogen-bond donors (Lipinski definition) is 1. The molecule has 2 N–H and O–H groups in total. The molecule has 0 atom stereocenters. The Hall–Kier alpha value is -1.83. The highest BCUT2D eigenvalue weighted by molar-refractivity contribution is 5.54. The molecule has 1 aromatic rings. The monoisotopic (exact) mass is 256 g/mol. The molecule has 0 fully saturated rings. The van der Waals surface area contributed by atoms with Crippen molar-refractivity contribution in [3.8, 4) is 0 Å². The third kappa shape index (κ3) is 5.12. The Labute approximate surface area is 116 Å². The number of nitrogens with zero attached hydrogens (tertiary/aromatic N) is 1. The zero-order valence-electron chi connectivity index (χ0n) is 12.0. The zero-order valence-corrected chi connectivity index (χ0v) is 12.0. The van der Waals surface area contributed by atoms with Crippen LogP contribution in [0, 0.1) is 0 Å². The summed E-state index contributed by atoms with van der Waals surface area (Å²) in [5.74, 6) is 0. The first kappa shape index (κ1) is 15.2. The molecule has 102 valence electrons. The predicted octanol–water partition coefficient (Wildman–Crippen LogP) is 4.24. The molecule has 2 heteroatoms. The number of aryl methyl sites for hydroxylation is 1. The van der Waals surface area contributed by atoms with E-state index < -0.39 is 0 Å². The average Bonchev–Trinajstić information content (AvgIpc) is 2.41. The molecule has 0 aliphatic carbocycles. The second kappa shape index (κ2) is 8.30. The molecule has 0 saturated carbocycles. The standard InChI is InChI=1S/C17H24N2/c1-4-8-14(2)17(15(3)19-13-18)12-11-16-9-6-5-7-10-16/h5-7,9-10,13H,2,4,8,11-12H2,1,3H3,(H2,18,19)/b17-15-. The van der Waals surface area contributed by atoms with E-state index >= 15 is 0 Å². The number of rotatable bonds is 7. The van der Waals surface area contributed by atoms with Crippen molar-refractivity contribution in [3.63, 3.8) is 0 Å². The first-order valence-corrected chi connectivity index (χ1v) is 6.85. The smallest absolute Gasteiger partial charge is 0.0856 e. The van der Waals surface area contributed by atoms with E-state index in [0.29, 0.717) is 0 Å². The van der Waals surface area contributed by atoms with Crippen LogP contribution >= 0.6 is 0 Å². The third-order valence-electron chi connectivity index (χ3n) is 3.19. The summed E-state index contributed by atoms with van der Waals surface area (Å²) in [6, 6.07) is 10.5. The highest BCUT2D eigenvalue weighted by Gasteiger charge is 2.07. The Kier molecular flexibility index (Phi) is 6.65. The van der Waals surface area contributed by atoms with E-state index in [4.69, 9.17) is 5.73 Å². The van der Waals surface area contributed by atoms with E-state index in [1.165, 1.54) is 23.0 Å². The third-order valence-corrected chi connectivity index (χ3v) is 3.19. The molecule has 0 aromatic heterocycles. The molecule has 0 unspecified atom stereocenters. The van der Waals surface area contributed by atoms with Crippen LogP contribution in [0.2, 0.25) is 0 Å². The van der Waals surface area contributed by atoms with Crippen LogP contribution in [0.1, 0.15) is 38.7 Å². The quantitative estimate of drug-likeness (QED) is 0.442. The van der Waals surface area contributed by atoms with E-state index in [1.807, 2.05) is 13.0 Å². The van der Waals surface area contributed by atoms with Gasteiger partial charge in [-0.15, -0.1) is 0 Å².